The van der Waals surface area contributed by atoms with Crippen LogP contribution in [0.5, 0.6) is 5.06 Å². The largest absolute Gasteiger partial charge is 0.494 e. The van der Waals surface area contributed by atoms with Gasteiger partial charge >= 0.3 is 11.7 Å². The number of aromatic nitrogens is 1. The average molecular weight is 203 g/mol. The minimum atomic E-state index is -0.0663. The number of carbonyl (C=O) groups is 1. The molecule has 1 aromatic heterocycles. The fraction of sp³-hybridized carbons (Fsp3) is 0.333. The number of hydrogen-bond donors (Lipinski definition) is 2. The second-order valence-corrected chi connectivity index (χ2v) is 4.39. The third kappa shape index (κ3) is 0.987. The predicted molar refractivity (Wildman–Crippen MR) is 46.6 cm³/mol. The van der Waals surface area contributed by atoms with Crippen molar-refractivity contribution in [2.75, 3.05) is 11.6 Å². The number of nitrogens with one attached hydrogen (secondary N) is 1. The lowest BCUT2D eigenvalue weighted by molar-refractivity contribution is -0.694. The van der Waals surface area contributed by atoms with E-state index in [-0.39, 0.29) is 11.0 Å². The molecular formula is C6H7N2O2S2+. The van der Waals surface area contributed by atoms with Crippen LogP contribution in [0.3, 0.4) is 0 Å². The summed E-state index contributed by atoms with van der Waals surface area (Å²) in [6.07, 6.45) is 1.92. The number of anilines is 1. The molecule has 0 radical (unpaired) electrons. The molecule has 64 valence electrons. The summed E-state index contributed by atoms with van der Waals surface area (Å²) in [7, 11) is 0. The third-order valence-electron chi connectivity index (χ3n) is 1.61. The summed E-state index contributed by atoms with van der Waals surface area (Å²) in [6, 6.07) is 0. The highest BCUT2D eigenvalue weighted by Crippen LogP contribution is 2.34. The third-order valence-corrected chi connectivity index (χ3v) is 3.71. The Hall–Kier alpha value is -0.750. The van der Waals surface area contributed by atoms with Crippen LogP contribution in [0.25, 0.3) is 0 Å². The number of thiazole rings is 1. The summed E-state index contributed by atoms with van der Waals surface area (Å²) in [6.45, 7) is 0.322. The smallest absolute Gasteiger partial charge is 0.349 e. The van der Waals surface area contributed by atoms with Gasteiger partial charge in [-0.15, -0.1) is 0 Å². The van der Waals surface area contributed by atoms with Crippen LogP contribution in [0.4, 0.5) is 5.82 Å². The van der Waals surface area contributed by atoms with E-state index in [9.17, 15) is 9.90 Å². The first-order chi connectivity index (χ1) is 5.72. The van der Waals surface area contributed by atoms with Gasteiger partial charge in [0.25, 0.3) is 5.06 Å². The number of amides is 1. The van der Waals surface area contributed by atoms with Gasteiger partial charge in [-0.05, 0) is 17.6 Å². The van der Waals surface area contributed by atoms with E-state index in [0.29, 0.717) is 12.4 Å². The lowest BCUT2D eigenvalue weighted by Gasteiger charge is -1.87. The number of hydrogen-bond acceptors (Lipinski definition) is 4. The summed E-state index contributed by atoms with van der Waals surface area (Å²) in [4.78, 5) is 10.9. The summed E-state index contributed by atoms with van der Waals surface area (Å²) in [5.41, 5.74) is 0. The van der Waals surface area contributed by atoms with E-state index in [2.05, 4.69) is 5.32 Å². The van der Waals surface area contributed by atoms with E-state index in [1.165, 1.54) is 23.1 Å². The lowest BCUT2D eigenvalue weighted by Crippen LogP contribution is -2.31. The van der Waals surface area contributed by atoms with E-state index in [4.69, 9.17) is 0 Å². The van der Waals surface area contributed by atoms with Gasteiger partial charge in [-0.25, -0.2) is 10.1 Å². The lowest BCUT2D eigenvalue weighted by atomic mass is 10.6. The Morgan fingerprint density at radius 3 is 3.17 bits per heavy atom. The minimum absolute atomic E-state index is 0.0663. The first-order valence-corrected chi connectivity index (χ1v) is 5.36. The summed E-state index contributed by atoms with van der Waals surface area (Å²) in [5.74, 6) is 0.470. The standard InChI is InChI=1S/C6H6N2O2S2/c1-11-6-8-2-3(9)7-4(8)5(10)12-6/h2H2,1H3,(H-,7,9,10)/p+1. The summed E-state index contributed by atoms with van der Waals surface area (Å²) >= 11 is 2.81. The van der Waals surface area contributed by atoms with Crippen molar-refractivity contribution in [2.24, 2.45) is 0 Å². The fourth-order valence-electron chi connectivity index (χ4n) is 1.12. The monoisotopic (exact) mass is 203 g/mol. The van der Waals surface area contributed by atoms with Gasteiger partial charge in [-0.3, -0.25) is 0 Å². The zero-order valence-corrected chi connectivity index (χ0v) is 7.96. The van der Waals surface area contributed by atoms with E-state index < -0.39 is 0 Å². The van der Waals surface area contributed by atoms with Crippen LogP contribution >= 0.6 is 23.1 Å². The number of thioether (sulfide) groups is 1. The summed E-state index contributed by atoms with van der Waals surface area (Å²) < 4.78 is 2.73. The molecule has 4 nitrogen and oxygen atoms in total. The van der Waals surface area contributed by atoms with Crippen LogP contribution in [-0.2, 0) is 11.3 Å². The molecule has 2 heterocycles. The average Bonchev–Trinajstić information content (AvgIpc) is 2.52. The van der Waals surface area contributed by atoms with Crippen molar-refractivity contribution in [1.29, 1.82) is 0 Å². The minimum Gasteiger partial charge on any atom is -0.494 e. The van der Waals surface area contributed by atoms with Crippen LogP contribution in [0.15, 0.2) is 4.34 Å². The van der Waals surface area contributed by atoms with E-state index >= 15 is 0 Å². The quantitative estimate of drug-likeness (QED) is 0.513. The van der Waals surface area contributed by atoms with Crippen molar-refractivity contribution in [3.05, 3.63) is 0 Å². The van der Waals surface area contributed by atoms with Crippen LogP contribution in [0.2, 0.25) is 0 Å². The highest BCUT2D eigenvalue weighted by atomic mass is 32.2. The van der Waals surface area contributed by atoms with E-state index in [1.54, 1.807) is 4.57 Å². The van der Waals surface area contributed by atoms with Gasteiger partial charge in [-0.2, -0.15) is 4.57 Å². The van der Waals surface area contributed by atoms with Crippen molar-refractivity contribution in [1.82, 2.24) is 0 Å². The molecule has 1 amide bonds. The first-order valence-electron chi connectivity index (χ1n) is 3.32. The molecule has 1 aromatic rings. The van der Waals surface area contributed by atoms with Gasteiger partial charge in [0.1, 0.15) is 0 Å². The SMILES string of the molecule is CSc1sc(O)c2[n+]1CC(=O)N2. The maximum Gasteiger partial charge on any atom is 0.349 e. The first kappa shape index (κ1) is 7.88. The van der Waals surface area contributed by atoms with Gasteiger partial charge in [0, 0.05) is 0 Å². The topological polar surface area (TPSA) is 53.2 Å². The second kappa shape index (κ2) is 2.63. The Morgan fingerprint density at radius 2 is 2.50 bits per heavy atom. The number of rotatable bonds is 1. The van der Waals surface area contributed by atoms with Crippen molar-refractivity contribution in [3.63, 3.8) is 0 Å². The normalized spacial score (nSPS) is 14.6. The Bertz CT molecular complexity index is 348. The Morgan fingerprint density at radius 1 is 1.75 bits per heavy atom. The van der Waals surface area contributed by atoms with Crippen LogP contribution in [0, 0.1) is 0 Å². The molecule has 2 rings (SSSR count). The van der Waals surface area contributed by atoms with Crippen LogP contribution < -0.4 is 9.88 Å². The second-order valence-electron chi connectivity index (χ2n) is 2.36. The van der Waals surface area contributed by atoms with E-state index in [0.717, 1.165) is 4.34 Å². The fourth-order valence-corrected chi connectivity index (χ4v) is 2.76. The Labute approximate surface area is 77.2 Å². The van der Waals surface area contributed by atoms with Crippen molar-refractivity contribution in [2.45, 2.75) is 10.9 Å². The molecule has 0 spiro atoms. The summed E-state index contributed by atoms with van der Waals surface area (Å²) in [5, 5.41) is 12.1. The number of fused-ring (bicyclic) bond motifs is 1. The Balaban J connectivity index is 2.52. The maximum absolute atomic E-state index is 10.9. The molecule has 0 aromatic carbocycles. The molecule has 0 atom stereocenters. The molecule has 2 N–H and O–H groups in total. The predicted octanol–water partition coefficient (Wildman–Crippen LogP) is 0.415. The molecule has 0 saturated heterocycles. The Kier molecular flexibility index (Phi) is 1.73. The zero-order valence-electron chi connectivity index (χ0n) is 6.33. The molecule has 6 heteroatoms. The maximum atomic E-state index is 10.9. The molecule has 0 aliphatic carbocycles. The number of aromatic hydroxyl groups is 1. The van der Waals surface area contributed by atoms with Gasteiger partial charge in [0.05, 0.1) is 0 Å². The van der Waals surface area contributed by atoms with Crippen molar-refractivity contribution in [3.8, 4) is 5.06 Å². The zero-order chi connectivity index (χ0) is 8.72. The van der Waals surface area contributed by atoms with E-state index in [1.807, 2.05) is 6.26 Å². The van der Waals surface area contributed by atoms with Gasteiger partial charge in [0.2, 0.25) is 4.34 Å². The highest BCUT2D eigenvalue weighted by Gasteiger charge is 2.34. The number of carbonyl (C=O) groups excluding carboxylic acids is 1. The molecule has 1 aliphatic rings. The van der Waals surface area contributed by atoms with Gasteiger partial charge < -0.3 is 5.11 Å². The van der Waals surface area contributed by atoms with Gasteiger partial charge in [-0.1, -0.05) is 11.8 Å². The molecule has 12 heavy (non-hydrogen) atoms. The number of nitrogens with zero attached hydrogens (tertiary/aromatic N) is 1. The van der Waals surface area contributed by atoms with Crippen LogP contribution in [-0.4, -0.2) is 17.3 Å². The van der Waals surface area contributed by atoms with Crippen molar-refractivity contribution < 1.29 is 14.5 Å². The molecular weight excluding hydrogens is 196 g/mol. The molecule has 1 aliphatic heterocycles. The molecule has 0 unspecified atom stereocenters. The molecule has 0 saturated carbocycles. The highest BCUT2D eigenvalue weighted by molar-refractivity contribution is 8.00. The van der Waals surface area contributed by atoms with Crippen LogP contribution in [0.1, 0.15) is 0 Å². The van der Waals surface area contributed by atoms with Crippen molar-refractivity contribution >= 4 is 34.8 Å². The molecule has 0 bridgehead atoms. The van der Waals surface area contributed by atoms with Gasteiger partial charge in [0.15, 0.2) is 6.54 Å². The molecule has 0 fully saturated rings.